The lowest BCUT2D eigenvalue weighted by atomic mass is 10.1. The van der Waals surface area contributed by atoms with Gasteiger partial charge in [0.05, 0.1) is 23.3 Å². The quantitative estimate of drug-likeness (QED) is 0.446. The number of hydrogen-bond acceptors (Lipinski definition) is 8. The molecular formula is C22H14FN7O3. The van der Waals surface area contributed by atoms with Crippen molar-refractivity contribution in [1.82, 2.24) is 29.1 Å². The highest BCUT2D eigenvalue weighted by Gasteiger charge is 2.48. The summed E-state index contributed by atoms with van der Waals surface area (Å²) in [6.07, 6.45) is 4.01. The summed E-state index contributed by atoms with van der Waals surface area (Å²) < 4.78 is 22.5. The van der Waals surface area contributed by atoms with Gasteiger partial charge in [0.2, 0.25) is 5.82 Å². The van der Waals surface area contributed by atoms with Crippen molar-refractivity contribution in [1.29, 1.82) is 5.26 Å². The van der Waals surface area contributed by atoms with Crippen LogP contribution >= 0.6 is 0 Å². The third-order valence-electron chi connectivity index (χ3n) is 5.77. The molecule has 0 spiro atoms. The Morgan fingerprint density at radius 3 is 2.79 bits per heavy atom. The first-order valence-corrected chi connectivity index (χ1v) is 10.1. The number of nitrogens with zero attached hydrogens (tertiary/aromatic N) is 7. The van der Waals surface area contributed by atoms with Gasteiger partial charge in [-0.2, -0.15) is 10.2 Å². The molecule has 1 aliphatic rings. The van der Waals surface area contributed by atoms with E-state index >= 15 is 0 Å². The number of pyridine rings is 1. The Labute approximate surface area is 184 Å². The van der Waals surface area contributed by atoms with Crippen LogP contribution in [0.4, 0.5) is 4.39 Å². The average Bonchev–Trinajstić information content (AvgIpc) is 3.22. The minimum absolute atomic E-state index is 0.00662. The van der Waals surface area contributed by atoms with E-state index in [1.807, 2.05) is 6.07 Å². The third kappa shape index (κ3) is 2.85. The maximum atomic E-state index is 14.5. The zero-order valence-corrected chi connectivity index (χ0v) is 16.9. The Kier molecular flexibility index (Phi) is 3.96. The molecule has 0 bridgehead atoms. The van der Waals surface area contributed by atoms with Crippen LogP contribution in [0.1, 0.15) is 30.0 Å². The van der Waals surface area contributed by atoms with Gasteiger partial charge in [-0.05, 0) is 37.1 Å². The zero-order valence-electron chi connectivity index (χ0n) is 16.9. The molecule has 1 N–H and O–H groups in total. The molecule has 11 heteroatoms. The molecule has 5 aromatic rings. The first-order chi connectivity index (χ1) is 16.0. The van der Waals surface area contributed by atoms with Crippen molar-refractivity contribution < 1.29 is 14.0 Å². The number of nitriles is 1. The molecule has 10 nitrogen and oxygen atoms in total. The van der Waals surface area contributed by atoms with E-state index in [0.717, 1.165) is 0 Å². The predicted molar refractivity (Wildman–Crippen MR) is 111 cm³/mol. The molecule has 6 rings (SSSR count). The molecule has 0 atom stereocenters. The molecule has 1 fully saturated rings. The molecule has 1 aromatic carbocycles. The predicted octanol–water partition coefficient (Wildman–Crippen LogP) is 2.13. The van der Waals surface area contributed by atoms with Gasteiger partial charge in [-0.3, -0.25) is 18.7 Å². The van der Waals surface area contributed by atoms with Crippen LogP contribution in [0.3, 0.4) is 0 Å². The van der Waals surface area contributed by atoms with Crippen molar-refractivity contribution >= 4 is 16.6 Å². The van der Waals surface area contributed by atoms with E-state index in [9.17, 15) is 19.6 Å². The second-order valence-electron chi connectivity index (χ2n) is 7.88. The van der Waals surface area contributed by atoms with Crippen LogP contribution in [0.25, 0.3) is 28.1 Å². The summed E-state index contributed by atoms with van der Waals surface area (Å²) >= 11 is 0. The fourth-order valence-corrected chi connectivity index (χ4v) is 3.90. The van der Waals surface area contributed by atoms with Crippen LogP contribution in [-0.4, -0.2) is 34.2 Å². The van der Waals surface area contributed by atoms with Gasteiger partial charge in [0.1, 0.15) is 40.6 Å². The molecule has 1 saturated carbocycles. The molecule has 4 aromatic heterocycles. The van der Waals surface area contributed by atoms with Gasteiger partial charge in [0.15, 0.2) is 0 Å². The summed E-state index contributed by atoms with van der Waals surface area (Å²) in [5.74, 6) is -0.613. The van der Waals surface area contributed by atoms with Gasteiger partial charge in [-0.15, -0.1) is 0 Å². The number of benzene rings is 1. The molecule has 0 unspecified atom stereocenters. The first-order valence-electron chi connectivity index (χ1n) is 10.1. The molecule has 0 aliphatic heterocycles. The number of aromatic nitrogens is 6. The Bertz CT molecular complexity index is 1660. The minimum Gasteiger partial charge on any atom is -0.380 e. The number of fused-ring (bicyclic) bond motifs is 3. The van der Waals surface area contributed by atoms with E-state index < -0.39 is 17.0 Å². The van der Waals surface area contributed by atoms with E-state index in [1.165, 1.54) is 27.4 Å². The average molecular weight is 443 g/mol. The van der Waals surface area contributed by atoms with Crippen LogP contribution in [0, 0.1) is 17.1 Å². The zero-order chi connectivity index (χ0) is 22.7. The van der Waals surface area contributed by atoms with Crippen LogP contribution in [-0.2, 0) is 12.1 Å². The molecule has 162 valence electrons. The largest absolute Gasteiger partial charge is 0.380 e. The number of hydrogen-bond donors (Lipinski definition) is 1. The molecule has 4 heterocycles. The molecule has 0 amide bonds. The molecule has 33 heavy (non-hydrogen) atoms. The van der Waals surface area contributed by atoms with Gasteiger partial charge < -0.3 is 9.63 Å². The summed E-state index contributed by atoms with van der Waals surface area (Å²) in [7, 11) is 0. The lowest BCUT2D eigenvalue weighted by molar-refractivity contribution is 0.108. The Balaban J connectivity index is 1.67. The van der Waals surface area contributed by atoms with E-state index in [1.54, 1.807) is 24.4 Å². The number of halogens is 1. The SMILES string of the molecule is N#Cc1c(F)ccc2c1n(Cc1ccccn1)c(=O)c1c(-c3noc(C4(O)CC4)n3)ncn12. The summed E-state index contributed by atoms with van der Waals surface area (Å²) in [4.78, 5) is 26.5. The third-order valence-corrected chi connectivity index (χ3v) is 5.77. The topological polar surface area (TPSA) is 135 Å². The summed E-state index contributed by atoms with van der Waals surface area (Å²) in [6.45, 7) is 0.00662. The van der Waals surface area contributed by atoms with Gasteiger partial charge in [-0.1, -0.05) is 11.2 Å². The van der Waals surface area contributed by atoms with E-state index in [2.05, 4.69) is 20.1 Å². The second kappa shape index (κ2) is 6.78. The summed E-state index contributed by atoms with van der Waals surface area (Å²) in [6, 6.07) is 9.76. The van der Waals surface area contributed by atoms with Crippen molar-refractivity contribution in [2.75, 3.05) is 0 Å². The number of rotatable bonds is 4. The van der Waals surface area contributed by atoms with Crippen LogP contribution in [0.15, 0.2) is 52.2 Å². The smallest absolute Gasteiger partial charge is 0.278 e. The fraction of sp³-hybridized carbons (Fsp3) is 0.182. The van der Waals surface area contributed by atoms with E-state index in [4.69, 9.17) is 4.52 Å². The number of aliphatic hydroxyl groups is 1. The Hall–Kier alpha value is -4.43. The highest BCUT2D eigenvalue weighted by molar-refractivity contribution is 5.87. The van der Waals surface area contributed by atoms with Crippen molar-refractivity contribution in [3.8, 4) is 17.6 Å². The Morgan fingerprint density at radius 2 is 2.06 bits per heavy atom. The maximum Gasteiger partial charge on any atom is 0.278 e. The lowest BCUT2D eigenvalue weighted by Crippen LogP contribution is -2.25. The highest BCUT2D eigenvalue weighted by atomic mass is 19.1. The van der Waals surface area contributed by atoms with Crippen molar-refractivity contribution in [2.24, 2.45) is 0 Å². The summed E-state index contributed by atoms with van der Waals surface area (Å²) in [5, 5.41) is 23.8. The molecule has 0 saturated heterocycles. The minimum atomic E-state index is -1.13. The van der Waals surface area contributed by atoms with Gasteiger partial charge in [0, 0.05) is 6.20 Å². The van der Waals surface area contributed by atoms with Gasteiger partial charge in [-0.25, -0.2) is 9.37 Å². The second-order valence-corrected chi connectivity index (χ2v) is 7.88. The molecule has 0 radical (unpaired) electrons. The monoisotopic (exact) mass is 443 g/mol. The van der Waals surface area contributed by atoms with E-state index in [-0.39, 0.29) is 40.6 Å². The van der Waals surface area contributed by atoms with Gasteiger partial charge in [0.25, 0.3) is 11.4 Å². The lowest BCUT2D eigenvalue weighted by Gasteiger charge is -2.14. The first kappa shape index (κ1) is 19.3. The molecule has 1 aliphatic carbocycles. The van der Waals surface area contributed by atoms with Crippen LogP contribution in [0.2, 0.25) is 0 Å². The van der Waals surface area contributed by atoms with Crippen molar-refractivity contribution in [3.63, 3.8) is 0 Å². The van der Waals surface area contributed by atoms with Crippen molar-refractivity contribution in [3.05, 3.63) is 76.2 Å². The normalized spacial score (nSPS) is 14.6. The fourth-order valence-electron chi connectivity index (χ4n) is 3.90. The van der Waals surface area contributed by atoms with Crippen LogP contribution in [0.5, 0.6) is 0 Å². The molecular weight excluding hydrogens is 429 g/mol. The van der Waals surface area contributed by atoms with E-state index in [0.29, 0.717) is 24.1 Å². The standard InChI is InChI=1S/C22H14FN7O3/c23-14-4-5-15-17(13(14)9-24)29(10-12-3-1-2-8-25-12)20(31)18-16(26-11-30(15)18)19-27-21(33-28-19)22(32)6-7-22/h1-5,8,11,32H,6-7,10H2. The summed E-state index contributed by atoms with van der Waals surface area (Å²) in [5.41, 5.74) is -0.548. The Morgan fingerprint density at radius 1 is 1.21 bits per heavy atom. The van der Waals surface area contributed by atoms with Crippen molar-refractivity contribution in [2.45, 2.75) is 25.0 Å². The van der Waals surface area contributed by atoms with Crippen LogP contribution < -0.4 is 5.56 Å². The number of imidazole rings is 1. The highest BCUT2D eigenvalue weighted by Crippen LogP contribution is 2.44. The van der Waals surface area contributed by atoms with Gasteiger partial charge >= 0.3 is 0 Å². The maximum absolute atomic E-state index is 14.5.